The molecule has 0 spiro atoms. The fourth-order valence-corrected chi connectivity index (χ4v) is 1.59. The monoisotopic (exact) mass is 222 g/mol. The Hall–Kier alpha value is -1.35. The molecule has 0 radical (unpaired) electrons. The third kappa shape index (κ3) is 4.03. The van der Waals surface area contributed by atoms with Gasteiger partial charge in [0.15, 0.2) is 0 Å². The number of rotatable bonds is 6. The molecule has 0 fully saturated rings. The van der Waals surface area contributed by atoms with E-state index in [9.17, 15) is 9.90 Å². The van der Waals surface area contributed by atoms with Gasteiger partial charge in [-0.25, -0.2) is 0 Å². The van der Waals surface area contributed by atoms with Crippen molar-refractivity contribution in [1.82, 2.24) is 0 Å². The van der Waals surface area contributed by atoms with Crippen molar-refractivity contribution in [1.29, 1.82) is 0 Å². The molecule has 0 heterocycles. The van der Waals surface area contributed by atoms with Gasteiger partial charge in [0, 0.05) is 6.42 Å². The van der Waals surface area contributed by atoms with Crippen LogP contribution in [0.15, 0.2) is 24.3 Å². The predicted molar refractivity (Wildman–Crippen MR) is 62.3 cm³/mol. The Morgan fingerprint density at radius 3 is 2.44 bits per heavy atom. The van der Waals surface area contributed by atoms with Crippen LogP contribution in [-0.2, 0) is 11.2 Å². The van der Waals surface area contributed by atoms with Crippen molar-refractivity contribution >= 4 is 5.97 Å². The Morgan fingerprint density at radius 2 is 1.94 bits per heavy atom. The normalized spacial score (nSPS) is 12.4. The molecule has 0 aliphatic rings. The molecule has 1 aromatic rings. The minimum absolute atomic E-state index is 0.115. The summed E-state index contributed by atoms with van der Waals surface area (Å²) in [6, 6.07) is 7.81. The highest BCUT2D eigenvalue weighted by molar-refractivity contribution is 5.66. The third-order valence-corrected chi connectivity index (χ3v) is 2.64. The number of hydrogen-bond acceptors (Lipinski definition) is 2. The minimum atomic E-state index is -0.812. The van der Waals surface area contributed by atoms with Gasteiger partial charge in [-0.2, -0.15) is 0 Å². The maximum atomic E-state index is 10.3. The topological polar surface area (TPSA) is 57.5 Å². The molecule has 1 aromatic carbocycles. The third-order valence-electron chi connectivity index (χ3n) is 2.64. The zero-order chi connectivity index (χ0) is 12.0. The summed E-state index contributed by atoms with van der Waals surface area (Å²) >= 11 is 0. The van der Waals surface area contributed by atoms with Gasteiger partial charge in [-0.05, 0) is 30.4 Å². The first kappa shape index (κ1) is 12.7. The van der Waals surface area contributed by atoms with Gasteiger partial charge in [0.05, 0.1) is 6.10 Å². The first-order valence-corrected chi connectivity index (χ1v) is 5.62. The van der Waals surface area contributed by atoms with Crippen molar-refractivity contribution in [2.24, 2.45) is 0 Å². The molecule has 0 saturated carbocycles. The van der Waals surface area contributed by atoms with Crippen LogP contribution < -0.4 is 0 Å². The summed E-state index contributed by atoms with van der Waals surface area (Å²) in [6.07, 6.45) is 1.55. The average molecular weight is 222 g/mol. The average Bonchev–Trinajstić information content (AvgIpc) is 2.28. The maximum Gasteiger partial charge on any atom is 0.303 e. The number of carboxylic acids is 1. The SMILES string of the molecule is CCc1ccc(C(O)CCCC(=O)O)cc1. The molecule has 0 aliphatic heterocycles. The Balaban J connectivity index is 2.45. The second-order valence-corrected chi connectivity index (χ2v) is 3.90. The van der Waals surface area contributed by atoms with Crippen molar-refractivity contribution in [3.05, 3.63) is 35.4 Å². The van der Waals surface area contributed by atoms with Gasteiger partial charge >= 0.3 is 5.97 Å². The Bertz CT molecular complexity index is 330. The number of aliphatic carboxylic acids is 1. The van der Waals surface area contributed by atoms with Crippen LogP contribution in [0.4, 0.5) is 0 Å². The van der Waals surface area contributed by atoms with Crippen molar-refractivity contribution in [2.45, 2.75) is 38.7 Å². The second kappa shape index (κ2) is 6.28. The molecule has 0 bridgehead atoms. The van der Waals surface area contributed by atoms with E-state index in [4.69, 9.17) is 5.11 Å². The van der Waals surface area contributed by atoms with E-state index in [0.29, 0.717) is 12.8 Å². The lowest BCUT2D eigenvalue weighted by atomic mass is 10.0. The van der Waals surface area contributed by atoms with Crippen LogP contribution in [0, 0.1) is 0 Å². The van der Waals surface area contributed by atoms with Gasteiger partial charge < -0.3 is 10.2 Å². The Kier molecular flexibility index (Phi) is 4.99. The molecule has 2 N–H and O–H groups in total. The quantitative estimate of drug-likeness (QED) is 0.777. The number of hydrogen-bond donors (Lipinski definition) is 2. The van der Waals surface area contributed by atoms with Gasteiger partial charge in [0.1, 0.15) is 0 Å². The molecular formula is C13H18O3. The lowest BCUT2D eigenvalue weighted by molar-refractivity contribution is -0.137. The number of aryl methyl sites for hydroxylation is 1. The van der Waals surface area contributed by atoms with Gasteiger partial charge in [0.2, 0.25) is 0 Å². The lowest BCUT2D eigenvalue weighted by Crippen LogP contribution is -2.00. The number of carboxylic acid groups (broad SMARTS) is 1. The predicted octanol–water partition coefficient (Wildman–Crippen LogP) is 2.54. The number of aliphatic hydroxyl groups is 1. The van der Waals surface area contributed by atoms with Crippen LogP contribution in [-0.4, -0.2) is 16.2 Å². The van der Waals surface area contributed by atoms with Crippen LogP contribution in [0.25, 0.3) is 0 Å². The van der Waals surface area contributed by atoms with E-state index in [1.54, 1.807) is 0 Å². The summed E-state index contributed by atoms with van der Waals surface area (Å²) in [5.41, 5.74) is 2.10. The molecule has 3 nitrogen and oxygen atoms in total. The van der Waals surface area contributed by atoms with Crippen LogP contribution in [0.1, 0.15) is 43.4 Å². The maximum absolute atomic E-state index is 10.3. The summed E-state index contributed by atoms with van der Waals surface area (Å²) < 4.78 is 0. The van der Waals surface area contributed by atoms with Gasteiger partial charge in [-0.3, -0.25) is 4.79 Å². The molecule has 88 valence electrons. The van der Waals surface area contributed by atoms with E-state index in [0.717, 1.165) is 12.0 Å². The van der Waals surface area contributed by atoms with Crippen LogP contribution in [0.2, 0.25) is 0 Å². The molecule has 0 aromatic heterocycles. The van der Waals surface area contributed by atoms with Crippen LogP contribution >= 0.6 is 0 Å². The van der Waals surface area contributed by atoms with Crippen molar-refractivity contribution < 1.29 is 15.0 Å². The fraction of sp³-hybridized carbons (Fsp3) is 0.462. The van der Waals surface area contributed by atoms with E-state index >= 15 is 0 Å². The largest absolute Gasteiger partial charge is 0.481 e. The first-order valence-electron chi connectivity index (χ1n) is 5.62. The molecule has 0 aliphatic carbocycles. The standard InChI is InChI=1S/C13H18O3/c1-2-10-6-8-11(9-7-10)12(14)4-3-5-13(15)16/h6-9,12,14H,2-5H2,1H3,(H,15,16). The van der Waals surface area contributed by atoms with Crippen molar-refractivity contribution in [3.8, 4) is 0 Å². The second-order valence-electron chi connectivity index (χ2n) is 3.90. The number of aliphatic hydroxyl groups excluding tert-OH is 1. The number of carbonyl (C=O) groups is 1. The minimum Gasteiger partial charge on any atom is -0.481 e. The summed E-state index contributed by atoms with van der Waals surface area (Å²) in [7, 11) is 0. The molecule has 3 heteroatoms. The molecule has 16 heavy (non-hydrogen) atoms. The molecule has 1 rings (SSSR count). The van der Waals surface area contributed by atoms with Gasteiger partial charge in [0.25, 0.3) is 0 Å². The number of benzene rings is 1. The molecule has 0 saturated heterocycles. The summed E-state index contributed by atoms with van der Waals surface area (Å²) in [6.45, 7) is 2.08. The van der Waals surface area contributed by atoms with Gasteiger partial charge in [-0.1, -0.05) is 31.2 Å². The van der Waals surface area contributed by atoms with Gasteiger partial charge in [-0.15, -0.1) is 0 Å². The van der Waals surface area contributed by atoms with E-state index in [1.165, 1.54) is 5.56 Å². The highest BCUT2D eigenvalue weighted by Crippen LogP contribution is 2.19. The van der Waals surface area contributed by atoms with Crippen molar-refractivity contribution in [3.63, 3.8) is 0 Å². The Labute approximate surface area is 95.7 Å². The van der Waals surface area contributed by atoms with E-state index in [2.05, 4.69) is 6.92 Å². The summed E-state index contributed by atoms with van der Waals surface area (Å²) in [5.74, 6) is -0.812. The lowest BCUT2D eigenvalue weighted by Gasteiger charge is -2.10. The van der Waals surface area contributed by atoms with Crippen LogP contribution in [0.5, 0.6) is 0 Å². The zero-order valence-corrected chi connectivity index (χ0v) is 9.52. The van der Waals surface area contributed by atoms with Crippen LogP contribution in [0.3, 0.4) is 0 Å². The van der Waals surface area contributed by atoms with E-state index in [-0.39, 0.29) is 6.42 Å². The molecule has 0 amide bonds. The zero-order valence-electron chi connectivity index (χ0n) is 9.52. The Morgan fingerprint density at radius 1 is 1.31 bits per heavy atom. The van der Waals surface area contributed by atoms with Crippen molar-refractivity contribution in [2.75, 3.05) is 0 Å². The smallest absolute Gasteiger partial charge is 0.303 e. The molecular weight excluding hydrogens is 204 g/mol. The van der Waals surface area contributed by atoms with E-state index < -0.39 is 12.1 Å². The highest BCUT2D eigenvalue weighted by atomic mass is 16.4. The highest BCUT2D eigenvalue weighted by Gasteiger charge is 2.08. The fourth-order valence-electron chi connectivity index (χ4n) is 1.59. The molecule has 1 unspecified atom stereocenters. The summed E-state index contributed by atoms with van der Waals surface area (Å²) in [5, 5.41) is 18.3. The first-order chi connectivity index (χ1) is 7.63. The van der Waals surface area contributed by atoms with E-state index in [1.807, 2.05) is 24.3 Å². The molecule has 1 atom stereocenters. The summed E-state index contributed by atoms with van der Waals surface area (Å²) in [4.78, 5) is 10.3.